The van der Waals surface area contributed by atoms with Crippen molar-refractivity contribution in [3.05, 3.63) is 59.2 Å². The molecule has 1 unspecified atom stereocenters. The number of nitrogens with one attached hydrogen (secondary N) is 2. The van der Waals surface area contributed by atoms with Gasteiger partial charge in [0, 0.05) is 23.8 Å². The average molecular weight is 412 g/mol. The molecule has 0 aliphatic carbocycles. The fourth-order valence-corrected chi connectivity index (χ4v) is 3.80. The Labute approximate surface area is 167 Å². The van der Waals surface area contributed by atoms with E-state index in [1.165, 1.54) is 0 Å². The number of halogens is 1. The molecule has 0 radical (unpaired) electrons. The summed E-state index contributed by atoms with van der Waals surface area (Å²) in [6.07, 6.45) is 0.694. The third-order valence-electron chi connectivity index (χ3n) is 3.92. The number of benzene rings is 2. The van der Waals surface area contributed by atoms with Crippen molar-refractivity contribution < 1.29 is 13.2 Å². The third kappa shape index (κ3) is 6.53. The molecule has 0 aliphatic rings. The van der Waals surface area contributed by atoms with Crippen LogP contribution in [0.1, 0.15) is 34.8 Å². The van der Waals surface area contributed by atoms with Crippen molar-refractivity contribution in [1.82, 2.24) is 5.32 Å². The van der Waals surface area contributed by atoms with Crippen LogP contribution >= 0.6 is 12.4 Å². The molecular formula is C19H26ClN3O3S. The summed E-state index contributed by atoms with van der Waals surface area (Å²) in [4.78, 5) is 12.3. The number of nitrogens with two attached hydrogens (primary N) is 1. The maximum atomic E-state index is 12.6. The fraction of sp³-hybridized carbons (Fsp3) is 0.316. The molecule has 1 atom stereocenters. The van der Waals surface area contributed by atoms with Gasteiger partial charge in [-0.05, 0) is 68.7 Å². The molecule has 0 saturated carbocycles. The van der Waals surface area contributed by atoms with Gasteiger partial charge in [-0.2, -0.15) is 0 Å². The fourth-order valence-electron chi connectivity index (χ4n) is 2.41. The van der Waals surface area contributed by atoms with Crippen molar-refractivity contribution >= 4 is 34.0 Å². The van der Waals surface area contributed by atoms with Crippen LogP contribution in [0.5, 0.6) is 0 Å². The van der Waals surface area contributed by atoms with Crippen LogP contribution < -0.4 is 15.8 Å². The van der Waals surface area contributed by atoms with Crippen molar-refractivity contribution in [2.75, 3.05) is 11.3 Å². The van der Waals surface area contributed by atoms with Crippen LogP contribution in [0.15, 0.2) is 47.4 Å². The van der Waals surface area contributed by atoms with Gasteiger partial charge in [0.1, 0.15) is 0 Å². The first-order chi connectivity index (χ1) is 12.2. The number of hydrogen-bond donors (Lipinski definition) is 3. The maximum Gasteiger partial charge on any atom is 0.262 e. The number of carbonyl (C=O) groups is 1. The quantitative estimate of drug-likeness (QED) is 0.651. The lowest BCUT2D eigenvalue weighted by Crippen LogP contribution is -2.28. The number of hydrogen-bond acceptors (Lipinski definition) is 4. The van der Waals surface area contributed by atoms with E-state index >= 15 is 0 Å². The van der Waals surface area contributed by atoms with Crippen molar-refractivity contribution in [2.45, 2.75) is 38.1 Å². The molecule has 0 bridgehead atoms. The molecule has 8 heteroatoms. The summed E-state index contributed by atoms with van der Waals surface area (Å²) < 4.78 is 27.7. The number of sulfonamides is 1. The Morgan fingerprint density at radius 2 is 1.74 bits per heavy atom. The van der Waals surface area contributed by atoms with Gasteiger partial charge in [-0.3, -0.25) is 9.52 Å². The van der Waals surface area contributed by atoms with Crippen molar-refractivity contribution in [3.8, 4) is 0 Å². The highest BCUT2D eigenvalue weighted by atomic mass is 35.5. The van der Waals surface area contributed by atoms with Gasteiger partial charge in [-0.15, -0.1) is 12.4 Å². The normalized spacial score (nSPS) is 12.0. The molecule has 0 heterocycles. The smallest absolute Gasteiger partial charge is 0.262 e. The molecule has 2 rings (SSSR count). The molecule has 27 heavy (non-hydrogen) atoms. The standard InChI is InChI=1S/C19H25N3O3S.ClH/c1-13-4-5-14(2)18(12-13)26(24,25)22-17-8-6-16(7-9-17)19(23)21-11-10-15(3)20;/h4-9,12,15,22H,10-11,20H2,1-3H3,(H,21,23);1H. The van der Waals surface area contributed by atoms with Gasteiger partial charge in [-0.1, -0.05) is 12.1 Å². The van der Waals surface area contributed by atoms with Gasteiger partial charge >= 0.3 is 0 Å². The van der Waals surface area contributed by atoms with Crippen LogP contribution in [0.3, 0.4) is 0 Å². The number of anilines is 1. The van der Waals surface area contributed by atoms with E-state index in [4.69, 9.17) is 5.73 Å². The first-order valence-corrected chi connectivity index (χ1v) is 9.91. The average Bonchev–Trinajstić information content (AvgIpc) is 2.57. The van der Waals surface area contributed by atoms with E-state index in [0.29, 0.717) is 29.8 Å². The summed E-state index contributed by atoms with van der Waals surface area (Å²) in [7, 11) is -3.69. The Morgan fingerprint density at radius 1 is 1.11 bits per heavy atom. The monoisotopic (exact) mass is 411 g/mol. The van der Waals surface area contributed by atoms with Crippen molar-refractivity contribution in [2.24, 2.45) is 5.73 Å². The second kappa shape index (κ2) is 9.73. The van der Waals surface area contributed by atoms with E-state index in [-0.39, 0.29) is 29.3 Å². The molecule has 148 valence electrons. The molecule has 4 N–H and O–H groups in total. The zero-order valence-corrected chi connectivity index (χ0v) is 17.3. The van der Waals surface area contributed by atoms with Crippen LogP contribution in [0.2, 0.25) is 0 Å². The van der Waals surface area contributed by atoms with Crippen LogP contribution in [0, 0.1) is 13.8 Å². The predicted octanol–water partition coefficient (Wildman–Crippen LogP) is 2.99. The zero-order chi connectivity index (χ0) is 19.3. The maximum absolute atomic E-state index is 12.6. The first-order valence-electron chi connectivity index (χ1n) is 8.43. The number of amides is 1. The van der Waals surface area contributed by atoms with Gasteiger partial charge in [0.2, 0.25) is 0 Å². The molecule has 0 fully saturated rings. The predicted molar refractivity (Wildman–Crippen MR) is 111 cm³/mol. The van der Waals surface area contributed by atoms with Gasteiger partial charge in [-0.25, -0.2) is 8.42 Å². The molecule has 0 spiro atoms. The van der Waals surface area contributed by atoms with E-state index in [1.807, 2.05) is 19.9 Å². The van der Waals surface area contributed by atoms with Gasteiger partial charge in [0.15, 0.2) is 0 Å². The van der Waals surface area contributed by atoms with Crippen LogP contribution in [-0.2, 0) is 10.0 Å². The van der Waals surface area contributed by atoms with Gasteiger partial charge in [0.05, 0.1) is 4.90 Å². The topological polar surface area (TPSA) is 101 Å². The molecular weight excluding hydrogens is 386 g/mol. The summed E-state index contributed by atoms with van der Waals surface area (Å²) in [5, 5.41) is 2.78. The van der Waals surface area contributed by atoms with Crippen LogP contribution in [0.4, 0.5) is 5.69 Å². The van der Waals surface area contributed by atoms with Crippen molar-refractivity contribution in [1.29, 1.82) is 0 Å². The lowest BCUT2D eigenvalue weighted by Gasteiger charge is -2.12. The second-order valence-electron chi connectivity index (χ2n) is 6.47. The number of aryl methyl sites for hydroxylation is 2. The minimum Gasteiger partial charge on any atom is -0.352 e. The van der Waals surface area contributed by atoms with Gasteiger partial charge in [0.25, 0.3) is 15.9 Å². The lowest BCUT2D eigenvalue weighted by atomic mass is 10.2. The second-order valence-corrected chi connectivity index (χ2v) is 8.12. The Hall–Kier alpha value is -2.09. The summed E-state index contributed by atoms with van der Waals surface area (Å²) in [6, 6.07) is 11.6. The molecule has 0 aliphatic heterocycles. The Kier molecular flexibility index (Phi) is 8.27. The molecule has 2 aromatic rings. The van der Waals surface area contributed by atoms with Crippen LogP contribution in [-0.4, -0.2) is 26.9 Å². The number of rotatable bonds is 7. The lowest BCUT2D eigenvalue weighted by molar-refractivity contribution is 0.0953. The van der Waals surface area contributed by atoms with Crippen molar-refractivity contribution in [3.63, 3.8) is 0 Å². The Balaban J connectivity index is 0.00000364. The summed E-state index contributed by atoms with van der Waals surface area (Å²) in [5.74, 6) is -0.213. The minimum atomic E-state index is -3.69. The highest BCUT2D eigenvalue weighted by molar-refractivity contribution is 7.92. The van der Waals surface area contributed by atoms with E-state index in [1.54, 1.807) is 43.3 Å². The van der Waals surface area contributed by atoms with E-state index < -0.39 is 10.0 Å². The third-order valence-corrected chi connectivity index (χ3v) is 5.44. The highest BCUT2D eigenvalue weighted by Crippen LogP contribution is 2.21. The minimum absolute atomic E-state index is 0. The summed E-state index contributed by atoms with van der Waals surface area (Å²) in [6.45, 7) is 5.97. The highest BCUT2D eigenvalue weighted by Gasteiger charge is 2.17. The Bertz CT molecular complexity index is 882. The molecule has 1 amide bonds. The van der Waals surface area contributed by atoms with E-state index in [9.17, 15) is 13.2 Å². The molecule has 6 nitrogen and oxygen atoms in total. The summed E-state index contributed by atoms with van der Waals surface area (Å²) >= 11 is 0. The van der Waals surface area contributed by atoms with E-state index in [0.717, 1.165) is 5.56 Å². The number of carbonyl (C=O) groups excluding carboxylic acids is 1. The van der Waals surface area contributed by atoms with E-state index in [2.05, 4.69) is 10.0 Å². The van der Waals surface area contributed by atoms with Gasteiger partial charge < -0.3 is 11.1 Å². The first kappa shape index (κ1) is 23.0. The summed E-state index contributed by atoms with van der Waals surface area (Å²) in [5.41, 5.74) is 8.06. The SMILES string of the molecule is Cc1ccc(C)c(S(=O)(=O)Nc2ccc(C(=O)NCCC(C)N)cc2)c1.Cl. The Morgan fingerprint density at radius 3 is 2.33 bits per heavy atom. The molecule has 0 aromatic heterocycles. The zero-order valence-electron chi connectivity index (χ0n) is 15.7. The van der Waals surface area contributed by atoms with Crippen LogP contribution in [0.25, 0.3) is 0 Å². The molecule has 0 saturated heterocycles. The molecule has 2 aromatic carbocycles. The largest absolute Gasteiger partial charge is 0.352 e.